The number of hydrogen-bond donors (Lipinski definition) is 0. The molecule has 1 aromatic rings. The first-order chi connectivity index (χ1) is 8.33. The van der Waals surface area contributed by atoms with Crippen LogP contribution in [0.25, 0.3) is 0 Å². The smallest absolute Gasteiger partial charge is 0.0575 e. The number of ether oxygens (including phenoxy) is 1. The van der Waals surface area contributed by atoms with E-state index in [4.69, 9.17) is 4.74 Å². The maximum Gasteiger partial charge on any atom is 0.0575 e. The van der Waals surface area contributed by atoms with Crippen molar-refractivity contribution >= 4 is 0 Å². The number of rotatable bonds is 4. The first-order valence-corrected chi connectivity index (χ1v) is 7.04. The van der Waals surface area contributed by atoms with Gasteiger partial charge < -0.3 is 4.74 Å². The van der Waals surface area contributed by atoms with Crippen LogP contribution in [0.2, 0.25) is 0 Å². The third kappa shape index (κ3) is 3.32. The third-order valence-electron chi connectivity index (χ3n) is 3.94. The van der Waals surface area contributed by atoms with Crippen molar-refractivity contribution in [2.24, 2.45) is 0 Å². The highest BCUT2D eigenvalue weighted by Gasteiger charge is 2.22. The van der Waals surface area contributed by atoms with Crippen molar-refractivity contribution in [1.82, 2.24) is 0 Å². The van der Waals surface area contributed by atoms with E-state index in [-0.39, 0.29) is 0 Å². The summed E-state index contributed by atoms with van der Waals surface area (Å²) in [4.78, 5) is 0. The number of hydrogen-bond acceptors (Lipinski definition) is 1. The lowest BCUT2D eigenvalue weighted by molar-refractivity contribution is 0.0328. The predicted molar refractivity (Wildman–Crippen MR) is 72.4 cm³/mol. The summed E-state index contributed by atoms with van der Waals surface area (Å²) < 4.78 is 5.70. The Balaban J connectivity index is 1.91. The quantitative estimate of drug-likeness (QED) is 0.751. The van der Waals surface area contributed by atoms with E-state index in [9.17, 15) is 0 Å². The summed E-state index contributed by atoms with van der Waals surface area (Å²) in [5.41, 5.74) is 2.97. The Morgan fingerprint density at radius 2 is 1.65 bits per heavy atom. The maximum absolute atomic E-state index is 5.70. The van der Waals surface area contributed by atoms with Crippen molar-refractivity contribution in [3.8, 4) is 0 Å². The van der Waals surface area contributed by atoms with Crippen LogP contribution in [-0.4, -0.2) is 12.7 Å². The summed E-state index contributed by atoms with van der Waals surface area (Å²) >= 11 is 0. The lowest BCUT2D eigenvalue weighted by atomic mass is 9.82. The van der Waals surface area contributed by atoms with Gasteiger partial charge in [-0.25, -0.2) is 0 Å². The normalized spacial score (nSPS) is 24.8. The summed E-state index contributed by atoms with van der Waals surface area (Å²) in [5.74, 6) is 0.762. The summed E-state index contributed by atoms with van der Waals surface area (Å²) in [6, 6.07) is 9.21. The molecular formula is C16H24O. The Morgan fingerprint density at radius 1 is 1.00 bits per heavy atom. The summed E-state index contributed by atoms with van der Waals surface area (Å²) in [7, 11) is 0. The Bertz CT molecular complexity index is 320. The van der Waals surface area contributed by atoms with Gasteiger partial charge in [0.1, 0.15) is 0 Å². The molecule has 1 saturated carbocycles. The van der Waals surface area contributed by atoms with E-state index in [0.717, 1.165) is 18.9 Å². The second-order valence-electron chi connectivity index (χ2n) is 5.02. The molecule has 2 rings (SSSR count). The highest BCUT2D eigenvalue weighted by Crippen LogP contribution is 2.34. The average molecular weight is 232 g/mol. The van der Waals surface area contributed by atoms with Crippen LogP contribution in [0.5, 0.6) is 0 Å². The van der Waals surface area contributed by atoms with Crippen molar-refractivity contribution in [3.05, 3.63) is 35.4 Å². The fraction of sp³-hybridized carbons (Fsp3) is 0.625. The van der Waals surface area contributed by atoms with Crippen LogP contribution < -0.4 is 0 Å². The summed E-state index contributed by atoms with van der Waals surface area (Å²) in [5, 5.41) is 0. The molecule has 0 saturated heterocycles. The minimum absolute atomic E-state index is 0.520. The number of benzene rings is 1. The summed E-state index contributed by atoms with van der Waals surface area (Å²) in [6.45, 7) is 5.17. The topological polar surface area (TPSA) is 9.23 Å². The molecule has 1 aliphatic carbocycles. The zero-order valence-corrected chi connectivity index (χ0v) is 11.1. The van der Waals surface area contributed by atoms with Gasteiger partial charge in [-0.15, -0.1) is 0 Å². The van der Waals surface area contributed by atoms with Gasteiger partial charge in [0, 0.05) is 6.61 Å². The van der Waals surface area contributed by atoms with Gasteiger partial charge >= 0.3 is 0 Å². The molecule has 1 nitrogen and oxygen atoms in total. The van der Waals surface area contributed by atoms with Gasteiger partial charge in [-0.05, 0) is 56.1 Å². The molecule has 0 aliphatic heterocycles. The molecule has 17 heavy (non-hydrogen) atoms. The van der Waals surface area contributed by atoms with Crippen LogP contribution in [-0.2, 0) is 11.2 Å². The van der Waals surface area contributed by atoms with Gasteiger partial charge in [0.2, 0.25) is 0 Å². The average Bonchev–Trinajstić information content (AvgIpc) is 2.40. The molecule has 94 valence electrons. The molecule has 0 aromatic heterocycles. The SMILES string of the molecule is CCOC1CCC(c2ccc(CC)cc2)CC1. The molecule has 1 heteroatoms. The van der Waals surface area contributed by atoms with E-state index < -0.39 is 0 Å². The summed E-state index contributed by atoms with van der Waals surface area (Å²) in [6.07, 6.45) is 6.69. The van der Waals surface area contributed by atoms with E-state index in [0.29, 0.717) is 6.10 Å². The van der Waals surface area contributed by atoms with Gasteiger partial charge in [-0.1, -0.05) is 31.2 Å². The second-order valence-corrected chi connectivity index (χ2v) is 5.02. The highest BCUT2D eigenvalue weighted by molar-refractivity contribution is 5.25. The van der Waals surface area contributed by atoms with Crippen molar-refractivity contribution in [2.75, 3.05) is 6.61 Å². The molecule has 0 unspecified atom stereocenters. The molecule has 0 bridgehead atoms. The minimum Gasteiger partial charge on any atom is -0.379 e. The van der Waals surface area contributed by atoms with Gasteiger partial charge in [0.05, 0.1) is 6.10 Å². The highest BCUT2D eigenvalue weighted by atomic mass is 16.5. The van der Waals surface area contributed by atoms with Crippen LogP contribution in [0, 0.1) is 0 Å². The van der Waals surface area contributed by atoms with Crippen LogP contribution in [0.4, 0.5) is 0 Å². The Labute approximate surface area is 105 Å². The van der Waals surface area contributed by atoms with E-state index in [1.807, 2.05) is 0 Å². The third-order valence-corrected chi connectivity index (χ3v) is 3.94. The van der Waals surface area contributed by atoms with E-state index in [1.54, 1.807) is 0 Å². The molecule has 1 aromatic carbocycles. The first-order valence-electron chi connectivity index (χ1n) is 7.04. The zero-order chi connectivity index (χ0) is 12.1. The van der Waals surface area contributed by atoms with Crippen LogP contribution >= 0.6 is 0 Å². The second kappa shape index (κ2) is 6.20. The molecule has 0 radical (unpaired) electrons. The number of aryl methyl sites for hydroxylation is 1. The van der Waals surface area contributed by atoms with Crippen LogP contribution in [0.3, 0.4) is 0 Å². The molecule has 1 fully saturated rings. The molecule has 1 aliphatic rings. The monoisotopic (exact) mass is 232 g/mol. The van der Waals surface area contributed by atoms with Gasteiger partial charge in [0.15, 0.2) is 0 Å². The molecule has 0 heterocycles. The molecular weight excluding hydrogens is 208 g/mol. The Hall–Kier alpha value is -0.820. The predicted octanol–water partition coefficient (Wildman–Crippen LogP) is 4.31. The molecule has 0 spiro atoms. The van der Waals surface area contributed by atoms with Gasteiger partial charge in [-0.3, -0.25) is 0 Å². The lowest BCUT2D eigenvalue weighted by Crippen LogP contribution is -2.20. The lowest BCUT2D eigenvalue weighted by Gasteiger charge is -2.28. The Kier molecular flexibility index (Phi) is 4.61. The van der Waals surface area contributed by atoms with E-state index in [2.05, 4.69) is 38.1 Å². The first kappa shape index (κ1) is 12.6. The van der Waals surface area contributed by atoms with Gasteiger partial charge in [-0.2, -0.15) is 0 Å². The van der Waals surface area contributed by atoms with Crippen molar-refractivity contribution < 1.29 is 4.74 Å². The van der Waals surface area contributed by atoms with Crippen LogP contribution in [0.15, 0.2) is 24.3 Å². The van der Waals surface area contributed by atoms with Gasteiger partial charge in [0.25, 0.3) is 0 Å². The maximum atomic E-state index is 5.70. The van der Waals surface area contributed by atoms with Crippen molar-refractivity contribution in [2.45, 2.75) is 58.0 Å². The molecule has 0 N–H and O–H groups in total. The fourth-order valence-corrected chi connectivity index (χ4v) is 2.82. The van der Waals surface area contributed by atoms with E-state index in [1.165, 1.54) is 36.8 Å². The largest absolute Gasteiger partial charge is 0.379 e. The van der Waals surface area contributed by atoms with E-state index >= 15 is 0 Å². The molecule has 0 amide bonds. The Morgan fingerprint density at radius 3 is 2.18 bits per heavy atom. The molecule has 0 atom stereocenters. The standard InChI is InChI=1S/C16H24O/c1-3-13-5-7-14(8-6-13)15-9-11-16(12-10-15)17-4-2/h5-8,15-16H,3-4,9-12H2,1-2H3. The minimum atomic E-state index is 0.520. The van der Waals surface area contributed by atoms with Crippen LogP contribution in [0.1, 0.15) is 56.6 Å². The van der Waals surface area contributed by atoms with Crippen molar-refractivity contribution in [3.63, 3.8) is 0 Å². The fourth-order valence-electron chi connectivity index (χ4n) is 2.82. The van der Waals surface area contributed by atoms with Crippen molar-refractivity contribution in [1.29, 1.82) is 0 Å². The zero-order valence-electron chi connectivity index (χ0n) is 11.1.